The predicted octanol–water partition coefficient (Wildman–Crippen LogP) is 2.54. The summed E-state index contributed by atoms with van der Waals surface area (Å²) in [5.74, 6) is -0.595. The molecular weight excluding hydrogens is 284 g/mol. The van der Waals surface area contributed by atoms with Crippen molar-refractivity contribution in [2.24, 2.45) is 7.05 Å². The molecule has 0 aliphatic rings. The molecule has 0 bridgehead atoms. The van der Waals surface area contributed by atoms with Crippen LogP contribution in [0, 0.1) is 17.0 Å². The minimum Gasteiger partial charge on any atom is -0.320 e. The standard InChI is InChI=1S/C12H11ClN4O3/c1-7-10(17(19)20)11(16(2)15-7)12(18)14-9-5-3-8(13)4-6-9/h3-6H,1-2H3,(H,14,18). The van der Waals surface area contributed by atoms with E-state index in [1.807, 2.05) is 0 Å². The van der Waals surface area contributed by atoms with Gasteiger partial charge in [0.1, 0.15) is 5.69 Å². The van der Waals surface area contributed by atoms with E-state index in [0.29, 0.717) is 10.7 Å². The Balaban J connectivity index is 2.34. The van der Waals surface area contributed by atoms with E-state index in [0.717, 1.165) is 0 Å². The number of hydrogen-bond donors (Lipinski definition) is 1. The van der Waals surface area contributed by atoms with Crippen molar-refractivity contribution in [1.82, 2.24) is 9.78 Å². The van der Waals surface area contributed by atoms with Crippen molar-refractivity contribution in [1.29, 1.82) is 0 Å². The largest absolute Gasteiger partial charge is 0.322 e. The van der Waals surface area contributed by atoms with Crippen LogP contribution in [0.3, 0.4) is 0 Å². The number of carbonyl (C=O) groups is 1. The molecule has 1 N–H and O–H groups in total. The van der Waals surface area contributed by atoms with E-state index in [1.165, 1.54) is 18.7 Å². The van der Waals surface area contributed by atoms with Crippen LogP contribution in [0.1, 0.15) is 16.2 Å². The highest BCUT2D eigenvalue weighted by Crippen LogP contribution is 2.23. The van der Waals surface area contributed by atoms with Gasteiger partial charge in [-0.3, -0.25) is 19.6 Å². The topological polar surface area (TPSA) is 90.1 Å². The lowest BCUT2D eigenvalue weighted by molar-refractivity contribution is -0.385. The lowest BCUT2D eigenvalue weighted by Crippen LogP contribution is -2.17. The first kappa shape index (κ1) is 14.0. The summed E-state index contributed by atoms with van der Waals surface area (Å²) in [4.78, 5) is 22.5. The van der Waals surface area contributed by atoms with E-state index in [4.69, 9.17) is 11.6 Å². The zero-order valence-electron chi connectivity index (χ0n) is 10.8. The zero-order valence-corrected chi connectivity index (χ0v) is 11.5. The van der Waals surface area contributed by atoms with Gasteiger partial charge in [-0.2, -0.15) is 5.10 Å². The number of carbonyl (C=O) groups excluding carboxylic acids is 1. The second-order valence-electron chi connectivity index (χ2n) is 4.12. The van der Waals surface area contributed by atoms with Crippen LogP contribution in [-0.2, 0) is 7.05 Å². The van der Waals surface area contributed by atoms with Gasteiger partial charge in [-0.1, -0.05) is 11.6 Å². The predicted molar refractivity (Wildman–Crippen MR) is 74.0 cm³/mol. The molecule has 2 aromatic rings. The van der Waals surface area contributed by atoms with Gasteiger partial charge in [0.15, 0.2) is 0 Å². The Labute approximate surface area is 119 Å². The van der Waals surface area contributed by atoms with E-state index in [2.05, 4.69) is 10.4 Å². The Morgan fingerprint density at radius 2 is 2.00 bits per heavy atom. The summed E-state index contributed by atoms with van der Waals surface area (Å²) in [6.45, 7) is 1.48. The number of hydrogen-bond acceptors (Lipinski definition) is 4. The number of halogens is 1. The minimum absolute atomic E-state index is 0.0950. The number of aryl methyl sites for hydroxylation is 2. The molecule has 0 saturated heterocycles. The van der Waals surface area contributed by atoms with Gasteiger partial charge in [-0.15, -0.1) is 0 Å². The Morgan fingerprint density at radius 3 is 2.55 bits per heavy atom. The Bertz CT molecular complexity index is 679. The van der Waals surface area contributed by atoms with Crippen molar-refractivity contribution in [3.63, 3.8) is 0 Å². The molecule has 0 aliphatic heterocycles. The molecule has 2 rings (SSSR count). The number of nitrogens with zero attached hydrogens (tertiary/aromatic N) is 3. The number of aromatic nitrogens is 2. The van der Waals surface area contributed by atoms with Crippen molar-refractivity contribution in [3.05, 3.63) is 50.8 Å². The molecule has 0 atom stereocenters. The van der Waals surface area contributed by atoms with Gasteiger partial charge in [0, 0.05) is 17.8 Å². The highest BCUT2D eigenvalue weighted by molar-refractivity contribution is 6.30. The normalized spacial score (nSPS) is 10.3. The third-order valence-electron chi connectivity index (χ3n) is 2.69. The summed E-state index contributed by atoms with van der Waals surface area (Å²) >= 11 is 5.74. The Hall–Kier alpha value is -2.41. The van der Waals surface area contributed by atoms with E-state index < -0.39 is 10.8 Å². The molecule has 0 saturated carbocycles. The molecule has 1 amide bonds. The zero-order chi connectivity index (χ0) is 14.9. The van der Waals surface area contributed by atoms with Crippen LogP contribution in [0.2, 0.25) is 5.02 Å². The van der Waals surface area contributed by atoms with Gasteiger partial charge in [-0.05, 0) is 31.2 Å². The van der Waals surface area contributed by atoms with E-state index in [9.17, 15) is 14.9 Å². The van der Waals surface area contributed by atoms with Gasteiger partial charge in [0.05, 0.1) is 4.92 Å². The molecule has 0 radical (unpaired) electrons. The molecule has 0 unspecified atom stereocenters. The maximum Gasteiger partial charge on any atom is 0.322 e. The molecule has 1 heterocycles. The number of benzene rings is 1. The lowest BCUT2D eigenvalue weighted by Gasteiger charge is -2.05. The van der Waals surface area contributed by atoms with Crippen molar-refractivity contribution in [2.75, 3.05) is 5.32 Å². The summed E-state index contributed by atoms with van der Waals surface area (Å²) in [7, 11) is 1.48. The number of amides is 1. The summed E-state index contributed by atoms with van der Waals surface area (Å²) in [6, 6.07) is 6.44. The lowest BCUT2D eigenvalue weighted by atomic mass is 10.2. The maximum atomic E-state index is 12.1. The smallest absolute Gasteiger partial charge is 0.320 e. The number of nitrogens with one attached hydrogen (secondary N) is 1. The Kier molecular flexibility index (Phi) is 3.71. The van der Waals surface area contributed by atoms with Crippen LogP contribution in [0.4, 0.5) is 11.4 Å². The fourth-order valence-corrected chi connectivity index (χ4v) is 1.97. The van der Waals surface area contributed by atoms with Gasteiger partial charge in [-0.25, -0.2) is 0 Å². The van der Waals surface area contributed by atoms with Crippen molar-refractivity contribution >= 4 is 28.9 Å². The van der Waals surface area contributed by atoms with Crippen LogP contribution in [0.15, 0.2) is 24.3 Å². The second kappa shape index (κ2) is 5.30. The summed E-state index contributed by atoms with van der Waals surface area (Å²) in [6.07, 6.45) is 0. The highest BCUT2D eigenvalue weighted by Gasteiger charge is 2.29. The van der Waals surface area contributed by atoms with Gasteiger partial charge >= 0.3 is 5.69 Å². The quantitative estimate of drug-likeness (QED) is 0.695. The average molecular weight is 295 g/mol. The molecule has 0 fully saturated rings. The second-order valence-corrected chi connectivity index (χ2v) is 4.56. The van der Waals surface area contributed by atoms with Crippen molar-refractivity contribution < 1.29 is 9.72 Å². The molecule has 0 aliphatic carbocycles. The summed E-state index contributed by atoms with van der Waals surface area (Å²) < 4.78 is 1.19. The number of nitro groups is 1. The van der Waals surface area contributed by atoms with E-state index in [1.54, 1.807) is 24.3 Å². The van der Waals surface area contributed by atoms with Crippen LogP contribution in [0.25, 0.3) is 0 Å². The first-order chi connectivity index (χ1) is 9.40. The SMILES string of the molecule is Cc1nn(C)c(C(=O)Nc2ccc(Cl)cc2)c1[N+](=O)[O-]. The van der Waals surface area contributed by atoms with E-state index in [-0.39, 0.29) is 17.1 Å². The molecule has 20 heavy (non-hydrogen) atoms. The van der Waals surface area contributed by atoms with Crippen LogP contribution >= 0.6 is 11.6 Å². The third-order valence-corrected chi connectivity index (χ3v) is 2.94. The first-order valence-corrected chi connectivity index (χ1v) is 6.03. The molecular formula is C12H11ClN4O3. The third kappa shape index (κ3) is 2.62. The fourth-order valence-electron chi connectivity index (χ4n) is 1.84. The molecule has 104 valence electrons. The average Bonchev–Trinajstić information content (AvgIpc) is 2.67. The van der Waals surface area contributed by atoms with Gasteiger partial charge < -0.3 is 5.32 Å². The first-order valence-electron chi connectivity index (χ1n) is 5.65. The summed E-state index contributed by atoms with van der Waals surface area (Å²) in [5.41, 5.74) is 0.299. The molecule has 1 aromatic carbocycles. The molecule has 8 heteroatoms. The number of anilines is 1. The monoisotopic (exact) mass is 294 g/mol. The Morgan fingerprint density at radius 1 is 1.40 bits per heavy atom. The van der Waals surface area contributed by atoms with E-state index >= 15 is 0 Å². The minimum atomic E-state index is -0.612. The molecule has 0 spiro atoms. The van der Waals surface area contributed by atoms with Gasteiger partial charge in [0.2, 0.25) is 5.69 Å². The fraction of sp³-hybridized carbons (Fsp3) is 0.167. The summed E-state index contributed by atoms with van der Waals surface area (Å²) in [5, 5.41) is 18.0. The van der Waals surface area contributed by atoms with Crippen molar-refractivity contribution in [2.45, 2.75) is 6.92 Å². The molecule has 1 aromatic heterocycles. The van der Waals surface area contributed by atoms with Crippen LogP contribution in [-0.4, -0.2) is 20.6 Å². The maximum absolute atomic E-state index is 12.1. The molecule has 7 nitrogen and oxygen atoms in total. The van der Waals surface area contributed by atoms with Crippen LogP contribution in [0.5, 0.6) is 0 Å². The van der Waals surface area contributed by atoms with Crippen LogP contribution < -0.4 is 5.32 Å². The number of rotatable bonds is 3. The van der Waals surface area contributed by atoms with Gasteiger partial charge in [0.25, 0.3) is 5.91 Å². The highest BCUT2D eigenvalue weighted by atomic mass is 35.5. The van der Waals surface area contributed by atoms with Crippen molar-refractivity contribution in [3.8, 4) is 0 Å².